The third-order valence-electron chi connectivity index (χ3n) is 5.23. The lowest BCUT2D eigenvalue weighted by molar-refractivity contribution is -0.120. The molecule has 0 radical (unpaired) electrons. The van der Waals surface area contributed by atoms with E-state index < -0.39 is 0 Å². The van der Waals surface area contributed by atoms with E-state index in [9.17, 15) is 9.59 Å². The monoisotopic (exact) mass is 377 g/mol. The van der Waals surface area contributed by atoms with Crippen molar-refractivity contribution in [2.75, 3.05) is 10.6 Å². The Labute approximate surface area is 163 Å². The van der Waals surface area contributed by atoms with Crippen LogP contribution < -0.4 is 10.6 Å². The van der Waals surface area contributed by atoms with Crippen LogP contribution in [0.3, 0.4) is 0 Å². The molecule has 3 aromatic rings. The average Bonchev–Trinajstić information content (AvgIpc) is 2.93. The van der Waals surface area contributed by atoms with Crippen molar-refractivity contribution >= 4 is 34.9 Å². The number of aromatic amines is 1. The lowest BCUT2D eigenvalue weighted by atomic mass is 9.99. The first-order valence-electron chi connectivity index (χ1n) is 9.70. The molecule has 7 heteroatoms. The van der Waals surface area contributed by atoms with Gasteiger partial charge in [-0.25, -0.2) is 9.97 Å². The zero-order chi connectivity index (χ0) is 19.3. The van der Waals surface area contributed by atoms with Crippen LogP contribution in [0, 0.1) is 5.92 Å². The molecule has 2 amide bonds. The number of H-pyrrole nitrogens is 1. The first kappa shape index (κ1) is 18.2. The Hall–Kier alpha value is -3.22. The second-order valence-corrected chi connectivity index (χ2v) is 7.19. The predicted octanol–water partition coefficient (Wildman–Crippen LogP) is 4.10. The van der Waals surface area contributed by atoms with Crippen molar-refractivity contribution in [3.8, 4) is 11.4 Å². The number of aromatic nitrogens is 3. The van der Waals surface area contributed by atoms with Gasteiger partial charge >= 0.3 is 0 Å². The van der Waals surface area contributed by atoms with Crippen molar-refractivity contribution in [2.24, 2.45) is 5.92 Å². The molecule has 1 aromatic carbocycles. The maximum atomic E-state index is 12.5. The summed E-state index contributed by atoms with van der Waals surface area (Å²) in [6.45, 7) is 0. The Kier molecular flexibility index (Phi) is 5.32. The minimum atomic E-state index is 0.124. The van der Waals surface area contributed by atoms with E-state index in [2.05, 4.69) is 25.6 Å². The molecule has 1 aliphatic rings. The van der Waals surface area contributed by atoms with Gasteiger partial charge in [-0.2, -0.15) is 0 Å². The quantitative estimate of drug-likeness (QED) is 0.460. The highest BCUT2D eigenvalue weighted by Crippen LogP contribution is 2.26. The Morgan fingerprint density at radius 3 is 2.57 bits per heavy atom. The van der Waals surface area contributed by atoms with E-state index in [-0.39, 0.29) is 11.8 Å². The molecule has 144 valence electrons. The van der Waals surface area contributed by atoms with Crippen LogP contribution in [-0.4, -0.2) is 27.3 Å². The van der Waals surface area contributed by atoms with Gasteiger partial charge in [-0.05, 0) is 37.1 Å². The highest BCUT2D eigenvalue weighted by Gasteiger charge is 2.20. The second kappa shape index (κ2) is 8.21. The summed E-state index contributed by atoms with van der Waals surface area (Å²) in [5.74, 6) is 1.41. The fourth-order valence-corrected chi connectivity index (χ4v) is 3.68. The first-order chi connectivity index (χ1) is 13.7. The molecule has 0 bridgehead atoms. The zero-order valence-corrected chi connectivity index (χ0v) is 15.6. The Balaban J connectivity index is 1.47. The number of fused-ring (bicyclic) bond motifs is 1. The number of carbonyl (C=O) groups excluding carboxylic acids is 2. The molecule has 7 nitrogen and oxygen atoms in total. The number of benzene rings is 1. The van der Waals surface area contributed by atoms with Gasteiger partial charge in [0.15, 0.2) is 0 Å². The van der Waals surface area contributed by atoms with Gasteiger partial charge in [0.1, 0.15) is 11.6 Å². The van der Waals surface area contributed by atoms with Crippen molar-refractivity contribution < 1.29 is 9.59 Å². The van der Waals surface area contributed by atoms with Gasteiger partial charge in [0, 0.05) is 23.2 Å². The summed E-state index contributed by atoms with van der Waals surface area (Å²) in [6, 6.07) is 9.37. The van der Waals surface area contributed by atoms with E-state index in [0.29, 0.717) is 18.1 Å². The van der Waals surface area contributed by atoms with Crippen LogP contribution in [0.25, 0.3) is 22.4 Å². The molecule has 1 aliphatic carbocycles. The largest absolute Gasteiger partial charge is 0.337 e. The molecule has 1 saturated carbocycles. The van der Waals surface area contributed by atoms with Gasteiger partial charge < -0.3 is 15.6 Å². The van der Waals surface area contributed by atoms with Crippen molar-refractivity contribution in [3.05, 3.63) is 36.5 Å². The number of amides is 2. The van der Waals surface area contributed by atoms with E-state index in [4.69, 9.17) is 0 Å². The summed E-state index contributed by atoms with van der Waals surface area (Å²) >= 11 is 0. The normalized spacial score (nSPS) is 15.1. The van der Waals surface area contributed by atoms with E-state index in [1.165, 1.54) is 12.8 Å². The standard InChI is InChI=1S/C21H23N5O2/c27-13-23-19-11-17-18(12-22-19)26-20(25-17)14-7-9-16(10-8-14)24-21(28)15-5-3-1-2-4-6-15/h7-13,15H,1-6H2,(H,24,28)(H,25,26)(H,22,23,27). The van der Waals surface area contributed by atoms with Gasteiger partial charge in [-0.3, -0.25) is 9.59 Å². The fourth-order valence-electron chi connectivity index (χ4n) is 3.68. The Morgan fingerprint density at radius 1 is 1.11 bits per heavy atom. The molecule has 2 aromatic heterocycles. The summed E-state index contributed by atoms with van der Waals surface area (Å²) in [5, 5.41) is 5.56. The predicted molar refractivity (Wildman–Crippen MR) is 109 cm³/mol. The lowest BCUT2D eigenvalue weighted by Crippen LogP contribution is -2.22. The minimum Gasteiger partial charge on any atom is -0.337 e. The number of rotatable bonds is 5. The summed E-state index contributed by atoms with van der Waals surface area (Å²) in [6.07, 6.45) is 8.94. The average molecular weight is 377 g/mol. The van der Waals surface area contributed by atoms with Gasteiger partial charge in [-0.1, -0.05) is 25.7 Å². The van der Waals surface area contributed by atoms with Crippen molar-refractivity contribution in [2.45, 2.75) is 38.5 Å². The first-order valence-corrected chi connectivity index (χ1v) is 9.70. The maximum Gasteiger partial charge on any atom is 0.227 e. The maximum absolute atomic E-state index is 12.5. The molecule has 0 unspecified atom stereocenters. The van der Waals surface area contributed by atoms with Gasteiger partial charge in [-0.15, -0.1) is 0 Å². The molecule has 1 fully saturated rings. The Morgan fingerprint density at radius 2 is 1.86 bits per heavy atom. The van der Waals surface area contributed by atoms with Crippen LogP contribution in [0.4, 0.5) is 11.5 Å². The van der Waals surface area contributed by atoms with Crippen LogP contribution in [-0.2, 0) is 9.59 Å². The van der Waals surface area contributed by atoms with Crippen LogP contribution in [0.5, 0.6) is 0 Å². The molecule has 4 rings (SSSR count). The molecular weight excluding hydrogens is 354 g/mol. The molecule has 0 atom stereocenters. The SMILES string of the molecule is O=CNc1cc2nc(-c3ccc(NC(=O)C4CCCCCC4)cc3)[nH]c2cn1. The summed E-state index contributed by atoms with van der Waals surface area (Å²) < 4.78 is 0. The number of carbonyl (C=O) groups is 2. The molecule has 0 spiro atoms. The van der Waals surface area contributed by atoms with Gasteiger partial charge in [0.2, 0.25) is 12.3 Å². The molecule has 0 saturated heterocycles. The van der Waals surface area contributed by atoms with Crippen molar-refractivity contribution in [1.29, 1.82) is 0 Å². The Bertz CT molecular complexity index is 972. The zero-order valence-electron chi connectivity index (χ0n) is 15.6. The van der Waals surface area contributed by atoms with Crippen molar-refractivity contribution in [3.63, 3.8) is 0 Å². The van der Waals surface area contributed by atoms with Gasteiger partial charge in [0.05, 0.1) is 17.2 Å². The number of nitrogens with zero attached hydrogens (tertiary/aromatic N) is 2. The van der Waals surface area contributed by atoms with E-state index >= 15 is 0 Å². The summed E-state index contributed by atoms with van der Waals surface area (Å²) in [5.41, 5.74) is 3.22. The number of hydrogen-bond donors (Lipinski definition) is 3. The molecule has 28 heavy (non-hydrogen) atoms. The van der Waals surface area contributed by atoms with Crippen molar-refractivity contribution in [1.82, 2.24) is 15.0 Å². The number of nitrogens with one attached hydrogen (secondary N) is 3. The lowest BCUT2D eigenvalue weighted by Gasteiger charge is -2.14. The second-order valence-electron chi connectivity index (χ2n) is 7.19. The fraction of sp³-hybridized carbons (Fsp3) is 0.333. The third kappa shape index (κ3) is 4.03. The molecular formula is C21H23N5O2. The summed E-state index contributed by atoms with van der Waals surface area (Å²) in [4.78, 5) is 35.0. The smallest absolute Gasteiger partial charge is 0.227 e. The van der Waals surface area contributed by atoms with E-state index in [1.807, 2.05) is 24.3 Å². The minimum absolute atomic E-state index is 0.124. The van der Waals surface area contributed by atoms with Crippen LogP contribution in [0.15, 0.2) is 36.5 Å². The molecule has 2 heterocycles. The van der Waals surface area contributed by atoms with Crippen LogP contribution >= 0.6 is 0 Å². The molecule has 0 aliphatic heterocycles. The molecule has 3 N–H and O–H groups in total. The van der Waals surface area contributed by atoms with Gasteiger partial charge in [0.25, 0.3) is 0 Å². The highest BCUT2D eigenvalue weighted by molar-refractivity contribution is 5.92. The van der Waals surface area contributed by atoms with Crippen LogP contribution in [0.2, 0.25) is 0 Å². The number of pyridine rings is 1. The van der Waals surface area contributed by atoms with Crippen LogP contribution in [0.1, 0.15) is 38.5 Å². The third-order valence-corrected chi connectivity index (χ3v) is 5.23. The number of hydrogen-bond acceptors (Lipinski definition) is 4. The number of imidazole rings is 1. The summed E-state index contributed by atoms with van der Waals surface area (Å²) in [7, 11) is 0. The van der Waals surface area contributed by atoms with E-state index in [1.54, 1.807) is 12.3 Å². The number of anilines is 2. The highest BCUT2D eigenvalue weighted by atomic mass is 16.2. The topological polar surface area (TPSA) is 99.8 Å². The van der Waals surface area contributed by atoms with E-state index in [0.717, 1.165) is 48.0 Å².